The molecule has 0 amide bonds. The van der Waals surface area contributed by atoms with Gasteiger partial charge in [-0.3, -0.25) is 9.59 Å². The van der Waals surface area contributed by atoms with Gasteiger partial charge in [0, 0.05) is 12.8 Å². The van der Waals surface area contributed by atoms with E-state index in [2.05, 4.69) is 13.8 Å². The van der Waals surface area contributed by atoms with Crippen LogP contribution in [0.3, 0.4) is 0 Å². The average molecular weight is 623 g/mol. The predicted molar refractivity (Wildman–Crippen MR) is 190 cm³/mol. The molecule has 0 heterocycles. The SMILES string of the molecule is CCCCCCCCCCCCCCCC(=O)OC(CCCCCCCC)CCCCCCCCCCCCCCC(=O)O. The van der Waals surface area contributed by atoms with Crippen LogP contribution in [0.4, 0.5) is 0 Å². The number of unbranched alkanes of at least 4 members (excludes halogenated alkanes) is 28. The normalized spacial score (nSPS) is 12.0. The molecule has 0 aliphatic carbocycles. The van der Waals surface area contributed by atoms with Gasteiger partial charge >= 0.3 is 11.9 Å². The minimum atomic E-state index is -0.667. The quantitative estimate of drug-likeness (QED) is 0.0553. The number of aliphatic carboxylic acids is 1. The molecule has 0 rings (SSSR count). The molecule has 0 aromatic carbocycles. The number of hydrogen-bond acceptors (Lipinski definition) is 3. The second-order valence-electron chi connectivity index (χ2n) is 13.8. The Balaban J connectivity index is 3.89. The highest BCUT2D eigenvalue weighted by atomic mass is 16.5. The van der Waals surface area contributed by atoms with Crippen LogP contribution < -0.4 is 0 Å². The van der Waals surface area contributed by atoms with E-state index >= 15 is 0 Å². The van der Waals surface area contributed by atoms with Crippen molar-refractivity contribution in [2.75, 3.05) is 0 Å². The highest BCUT2D eigenvalue weighted by molar-refractivity contribution is 5.69. The van der Waals surface area contributed by atoms with E-state index in [0.29, 0.717) is 12.8 Å². The third-order valence-corrected chi connectivity index (χ3v) is 9.33. The van der Waals surface area contributed by atoms with Gasteiger partial charge in [0.05, 0.1) is 0 Å². The lowest BCUT2D eigenvalue weighted by Gasteiger charge is -2.18. The number of carboxylic acid groups (broad SMARTS) is 1. The van der Waals surface area contributed by atoms with Gasteiger partial charge in [-0.1, -0.05) is 187 Å². The summed E-state index contributed by atoms with van der Waals surface area (Å²) in [4.78, 5) is 23.2. The van der Waals surface area contributed by atoms with Gasteiger partial charge < -0.3 is 9.84 Å². The first kappa shape index (κ1) is 42.9. The highest BCUT2D eigenvalue weighted by Crippen LogP contribution is 2.19. The lowest BCUT2D eigenvalue weighted by Crippen LogP contribution is -2.18. The third-order valence-electron chi connectivity index (χ3n) is 9.33. The number of esters is 1. The summed E-state index contributed by atoms with van der Waals surface area (Å²) >= 11 is 0. The van der Waals surface area contributed by atoms with Gasteiger partial charge in [0.1, 0.15) is 6.10 Å². The average Bonchev–Trinajstić information content (AvgIpc) is 3.01. The van der Waals surface area contributed by atoms with E-state index in [9.17, 15) is 9.59 Å². The molecule has 0 radical (unpaired) electrons. The maximum atomic E-state index is 12.6. The molecule has 0 aliphatic rings. The van der Waals surface area contributed by atoms with E-state index in [1.165, 1.54) is 180 Å². The Hall–Kier alpha value is -1.06. The Morgan fingerprint density at radius 2 is 0.682 bits per heavy atom. The second-order valence-corrected chi connectivity index (χ2v) is 13.8. The Bertz CT molecular complexity index is 590. The topological polar surface area (TPSA) is 63.6 Å². The summed E-state index contributed by atoms with van der Waals surface area (Å²) in [7, 11) is 0. The Kier molecular flexibility index (Phi) is 35.5. The maximum Gasteiger partial charge on any atom is 0.306 e. The van der Waals surface area contributed by atoms with Crippen molar-refractivity contribution in [1.29, 1.82) is 0 Å². The summed E-state index contributed by atoms with van der Waals surface area (Å²) in [5, 5.41) is 8.69. The van der Waals surface area contributed by atoms with Crippen LogP contribution in [-0.2, 0) is 14.3 Å². The van der Waals surface area contributed by atoms with Crippen LogP contribution in [0.2, 0.25) is 0 Å². The zero-order valence-corrected chi connectivity index (χ0v) is 30.0. The first-order chi connectivity index (χ1) is 21.6. The molecular weight excluding hydrogens is 544 g/mol. The molecule has 0 bridgehead atoms. The van der Waals surface area contributed by atoms with Crippen molar-refractivity contribution >= 4 is 11.9 Å². The van der Waals surface area contributed by atoms with Crippen LogP contribution in [-0.4, -0.2) is 23.1 Å². The fourth-order valence-corrected chi connectivity index (χ4v) is 6.36. The minimum Gasteiger partial charge on any atom is -0.481 e. The molecule has 0 fully saturated rings. The van der Waals surface area contributed by atoms with Gasteiger partial charge in [0.15, 0.2) is 0 Å². The minimum absolute atomic E-state index is 0.0472. The van der Waals surface area contributed by atoms with Crippen LogP contribution in [0.25, 0.3) is 0 Å². The lowest BCUT2D eigenvalue weighted by atomic mass is 10.0. The van der Waals surface area contributed by atoms with Gasteiger partial charge in [-0.2, -0.15) is 0 Å². The Labute approximate surface area is 275 Å². The van der Waals surface area contributed by atoms with E-state index in [1.807, 2.05) is 0 Å². The molecule has 0 saturated heterocycles. The molecule has 0 aromatic rings. The van der Waals surface area contributed by atoms with Gasteiger partial charge in [-0.25, -0.2) is 0 Å². The summed E-state index contributed by atoms with van der Waals surface area (Å²) in [5.41, 5.74) is 0. The number of carbonyl (C=O) groups excluding carboxylic acids is 1. The molecule has 0 saturated carbocycles. The van der Waals surface area contributed by atoms with Gasteiger partial charge in [-0.05, 0) is 38.5 Å². The number of rotatable bonds is 37. The van der Waals surface area contributed by atoms with Crippen molar-refractivity contribution < 1.29 is 19.4 Å². The van der Waals surface area contributed by atoms with Gasteiger partial charge in [-0.15, -0.1) is 0 Å². The molecule has 44 heavy (non-hydrogen) atoms. The molecule has 0 spiro atoms. The van der Waals surface area contributed by atoms with Gasteiger partial charge in [0.25, 0.3) is 0 Å². The summed E-state index contributed by atoms with van der Waals surface area (Å²) in [6.45, 7) is 4.55. The highest BCUT2D eigenvalue weighted by Gasteiger charge is 2.14. The molecule has 1 atom stereocenters. The number of ether oxygens (including phenoxy) is 1. The smallest absolute Gasteiger partial charge is 0.306 e. The second kappa shape index (κ2) is 36.4. The summed E-state index contributed by atoms with van der Waals surface area (Å²) < 4.78 is 6.04. The zero-order chi connectivity index (χ0) is 32.2. The van der Waals surface area contributed by atoms with E-state index in [1.54, 1.807) is 0 Å². The fraction of sp³-hybridized carbons (Fsp3) is 0.950. The van der Waals surface area contributed by atoms with Crippen LogP contribution in [0.15, 0.2) is 0 Å². The van der Waals surface area contributed by atoms with Crippen molar-refractivity contribution in [2.45, 2.75) is 245 Å². The van der Waals surface area contributed by atoms with Crippen molar-refractivity contribution in [2.24, 2.45) is 0 Å². The van der Waals surface area contributed by atoms with E-state index in [4.69, 9.17) is 9.84 Å². The van der Waals surface area contributed by atoms with Crippen molar-refractivity contribution in [1.82, 2.24) is 0 Å². The first-order valence-corrected chi connectivity index (χ1v) is 20.0. The molecular formula is C40H78O4. The van der Waals surface area contributed by atoms with Crippen molar-refractivity contribution in [3.8, 4) is 0 Å². The Morgan fingerprint density at radius 1 is 0.409 bits per heavy atom. The standard InChI is InChI=1S/C40H78O4/c1-3-5-7-9-11-12-13-14-19-22-25-29-33-37-40(43)44-38(34-30-26-10-8-6-4-2)35-31-27-23-20-17-15-16-18-21-24-28-32-36-39(41)42/h38H,3-37H2,1-2H3,(H,41,42). The largest absolute Gasteiger partial charge is 0.481 e. The monoisotopic (exact) mass is 623 g/mol. The van der Waals surface area contributed by atoms with Gasteiger partial charge in [0.2, 0.25) is 0 Å². The molecule has 0 aromatic heterocycles. The summed E-state index contributed by atoms with van der Waals surface area (Å²) in [6, 6.07) is 0. The third kappa shape index (κ3) is 35.4. The van der Waals surface area contributed by atoms with E-state index in [-0.39, 0.29) is 12.1 Å². The maximum absolute atomic E-state index is 12.6. The van der Waals surface area contributed by atoms with Crippen LogP contribution in [0.5, 0.6) is 0 Å². The molecule has 4 nitrogen and oxygen atoms in total. The first-order valence-electron chi connectivity index (χ1n) is 20.0. The molecule has 1 unspecified atom stereocenters. The zero-order valence-electron chi connectivity index (χ0n) is 30.0. The molecule has 262 valence electrons. The van der Waals surface area contributed by atoms with E-state index in [0.717, 1.165) is 32.1 Å². The predicted octanol–water partition coefficient (Wildman–Crippen LogP) is 13.7. The van der Waals surface area contributed by atoms with Crippen LogP contribution in [0.1, 0.15) is 239 Å². The van der Waals surface area contributed by atoms with Crippen LogP contribution in [0, 0.1) is 0 Å². The number of carboxylic acids is 1. The van der Waals surface area contributed by atoms with Crippen molar-refractivity contribution in [3.63, 3.8) is 0 Å². The summed E-state index contributed by atoms with van der Waals surface area (Å²) in [5.74, 6) is -0.620. The fourth-order valence-electron chi connectivity index (χ4n) is 6.36. The molecule has 0 aliphatic heterocycles. The molecule has 4 heteroatoms. The van der Waals surface area contributed by atoms with Crippen LogP contribution >= 0.6 is 0 Å². The van der Waals surface area contributed by atoms with Crippen molar-refractivity contribution in [3.05, 3.63) is 0 Å². The molecule has 1 N–H and O–H groups in total. The number of hydrogen-bond donors (Lipinski definition) is 1. The summed E-state index contributed by atoms with van der Waals surface area (Å²) in [6.07, 6.45) is 42.8. The number of carbonyl (C=O) groups is 2. The Morgan fingerprint density at radius 3 is 1.00 bits per heavy atom. The lowest BCUT2D eigenvalue weighted by molar-refractivity contribution is -0.150. The van der Waals surface area contributed by atoms with E-state index < -0.39 is 5.97 Å².